The molecule has 0 aliphatic carbocycles. The second kappa shape index (κ2) is 4.27. The van der Waals surface area contributed by atoms with Crippen LogP contribution in [0, 0.1) is 13.8 Å². The molecule has 0 amide bonds. The zero-order valence-electron chi connectivity index (χ0n) is 9.40. The topological polar surface area (TPSA) is 30.0 Å². The van der Waals surface area contributed by atoms with Crippen molar-refractivity contribution in [2.45, 2.75) is 13.8 Å². The fourth-order valence-electron chi connectivity index (χ4n) is 1.80. The summed E-state index contributed by atoms with van der Waals surface area (Å²) < 4.78 is 0. The van der Waals surface area contributed by atoms with Crippen LogP contribution in [0.15, 0.2) is 36.5 Å². The predicted octanol–water partition coefficient (Wildman–Crippen LogP) is 3.18. The molecule has 0 bridgehead atoms. The molecule has 80 valence electrons. The Hall–Kier alpha value is -1.96. The lowest BCUT2D eigenvalue weighted by molar-refractivity contribution is 0.112. The van der Waals surface area contributed by atoms with Crippen LogP contribution in [0.4, 0.5) is 0 Å². The molecule has 0 unspecified atom stereocenters. The number of hydrogen-bond donors (Lipinski definition) is 0. The van der Waals surface area contributed by atoms with E-state index in [2.05, 4.69) is 4.98 Å². The van der Waals surface area contributed by atoms with Gasteiger partial charge in [-0.05, 0) is 48.7 Å². The summed E-state index contributed by atoms with van der Waals surface area (Å²) in [5, 5.41) is 0. The summed E-state index contributed by atoms with van der Waals surface area (Å²) >= 11 is 0. The quantitative estimate of drug-likeness (QED) is 0.714. The molecule has 0 saturated carbocycles. The van der Waals surface area contributed by atoms with Crippen LogP contribution in [0.1, 0.15) is 21.6 Å². The molecule has 0 aliphatic heterocycles. The van der Waals surface area contributed by atoms with Crippen molar-refractivity contribution in [2.24, 2.45) is 0 Å². The third-order valence-corrected chi connectivity index (χ3v) is 2.59. The van der Waals surface area contributed by atoms with E-state index in [1.807, 2.05) is 44.2 Å². The van der Waals surface area contributed by atoms with Crippen LogP contribution >= 0.6 is 0 Å². The van der Waals surface area contributed by atoms with Gasteiger partial charge < -0.3 is 0 Å². The van der Waals surface area contributed by atoms with Gasteiger partial charge in [0.2, 0.25) is 0 Å². The summed E-state index contributed by atoms with van der Waals surface area (Å²) in [6.45, 7) is 3.98. The van der Waals surface area contributed by atoms with Gasteiger partial charge in [-0.25, -0.2) is 0 Å². The van der Waals surface area contributed by atoms with Gasteiger partial charge in [-0.1, -0.05) is 12.1 Å². The number of carbonyl (C=O) groups is 1. The fraction of sp³-hybridized carbons (Fsp3) is 0.143. The maximum Gasteiger partial charge on any atom is 0.150 e. The first-order chi connectivity index (χ1) is 7.70. The number of benzene rings is 1. The lowest BCUT2D eigenvalue weighted by Gasteiger charge is -2.07. The number of hydrogen-bond acceptors (Lipinski definition) is 2. The number of aryl methyl sites for hydroxylation is 2. The molecule has 0 N–H and O–H groups in total. The molecule has 0 fully saturated rings. The van der Waals surface area contributed by atoms with Crippen LogP contribution < -0.4 is 0 Å². The van der Waals surface area contributed by atoms with Gasteiger partial charge in [0, 0.05) is 17.5 Å². The Kier molecular flexibility index (Phi) is 2.82. The van der Waals surface area contributed by atoms with Gasteiger partial charge in [0.15, 0.2) is 0 Å². The molecule has 2 heteroatoms. The smallest absolute Gasteiger partial charge is 0.150 e. The van der Waals surface area contributed by atoms with E-state index in [1.54, 1.807) is 6.20 Å². The number of carbonyl (C=O) groups excluding carboxylic acids is 1. The highest BCUT2D eigenvalue weighted by molar-refractivity contribution is 5.78. The molecule has 0 radical (unpaired) electrons. The van der Waals surface area contributed by atoms with Crippen molar-refractivity contribution in [1.82, 2.24) is 4.98 Å². The molecule has 2 aromatic rings. The summed E-state index contributed by atoms with van der Waals surface area (Å²) in [5.74, 6) is 0. The molecule has 2 nitrogen and oxygen atoms in total. The van der Waals surface area contributed by atoms with E-state index in [1.165, 1.54) is 0 Å². The molecular weight excluding hydrogens is 198 g/mol. The molecule has 0 saturated heterocycles. The largest absolute Gasteiger partial charge is 0.298 e. The maximum absolute atomic E-state index is 10.7. The van der Waals surface area contributed by atoms with E-state index in [-0.39, 0.29) is 0 Å². The van der Waals surface area contributed by atoms with Crippen LogP contribution in [-0.4, -0.2) is 11.3 Å². The number of aldehydes is 1. The molecule has 1 heterocycles. The lowest BCUT2D eigenvalue weighted by atomic mass is 9.99. The molecule has 0 atom stereocenters. The van der Waals surface area contributed by atoms with Crippen molar-refractivity contribution in [3.05, 3.63) is 53.3 Å². The highest BCUT2D eigenvalue weighted by Gasteiger charge is 2.03. The summed E-state index contributed by atoms with van der Waals surface area (Å²) in [7, 11) is 0. The Morgan fingerprint density at radius 3 is 2.56 bits per heavy atom. The summed E-state index contributed by atoms with van der Waals surface area (Å²) in [5.41, 5.74) is 5.11. The molecule has 0 aliphatic rings. The Morgan fingerprint density at radius 1 is 1.12 bits per heavy atom. The van der Waals surface area contributed by atoms with Crippen molar-refractivity contribution < 1.29 is 4.79 Å². The van der Waals surface area contributed by atoms with E-state index < -0.39 is 0 Å². The highest BCUT2D eigenvalue weighted by atomic mass is 16.1. The first-order valence-corrected chi connectivity index (χ1v) is 5.19. The SMILES string of the molecule is Cc1cc(-c2ccc(C=O)cc2C)ccn1. The zero-order chi connectivity index (χ0) is 11.5. The van der Waals surface area contributed by atoms with Gasteiger partial charge in [0.25, 0.3) is 0 Å². The average Bonchev–Trinajstić information content (AvgIpc) is 2.28. The van der Waals surface area contributed by atoms with Crippen LogP contribution in [0.2, 0.25) is 0 Å². The summed E-state index contributed by atoms with van der Waals surface area (Å²) in [6.07, 6.45) is 2.67. The Balaban J connectivity index is 2.52. The average molecular weight is 211 g/mol. The Bertz CT molecular complexity index is 532. The van der Waals surface area contributed by atoms with Crippen LogP contribution in [0.25, 0.3) is 11.1 Å². The van der Waals surface area contributed by atoms with Gasteiger partial charge >= 0.3 is 0 Å². The molecule has 16 heavy (non-hydrogen) atoms. The number of pyridine rings is 1. The van der Waals surface area contributed by atoms with E-state index in [0.29, 0.717) is 5.56 Å². The minimum Gasteiger partial charge on any atom is -0.298 e. The van der Waals surface area contributed by atoms with E-state index >= 15 is 0 Å². The molecular formula is C14H13NO. The van der Waals surface area contributed by atoms with Gasteiger partial charge in [-0.2, -0.15) is 0 Å². The maximum atomic E-state index is 10.7. The van der Waals surface area contributed by atoms with E-state index in [4.69, 9.17) is 0 Å². The Labute approximate surface area is 95.0 Å². The normalized spacial score (nSPS) is 10.1. The first kappa shape index (κ1) is 10.6. The van der Waals surface area contributed by atoms with Crippen molar-refractivity contribution >= 4 is 6.29 Å². The fourth-order valence-corrected chi connectivity index (χ4v) is 1.80. The number of aromatic nitrogens is 1. The third-order valence-electron chi connectivity index (χ3n) is 2.59. The minimum absolute atomic E-state index is 0.715. The van der Waals surface area contributed by atoms with Gasteiger partial charge in [0.1, 0.15) is 6.29 Å². The number of rotatable bonds is 2. The Morgan fingerprint density at radius 2 is 1.94 bits per heavy atom. The number of nitrogens with zero attached hydrogens (tertiary/aromatic N) is 1. The third kappa shape index (κ3) is 2.01. The van der Waals surface area contributed by atoms with Crippen LogP contribution in [0.3, 0.4) is 0 Å². The van der Waals surface area contributed by atoms with Gasteiger partial charge in [-0.15, -0.1) is 0 Å². The van der Waals surface area contributed by atoms with Crippen LogP contribution in [0.5, 0.6) is 0 Å². The van der Waals surface area contributed by atoms with Gasteiger partial charge in [0.05, 0.1) is 0 Å². The molecule has 1 aromatic heterocycles. The molecule has 1 aromatic carbocycles. The zero-order valence-corrected chi connectivity index (χ0v) is 9.40. The van der Waals surface area contributed by atoms with E-state index in [0.717, 1.165) is 28.7 Å². The second-order valence-corrected chi connectivity index (χ2v) is 3.88. The molecule has 2 rings (SSSR count). The summed E-state index contributed by atoms with van der Waals surface area (Å²) in [6, 6.07) is 9.75. The minimum atomic E-state index is 0.715. The van der Waals surface area contributed by atoms with Crippen molar-refractivity contribution in [1.29, 1.82) is 0 Å². The van der Waals surface area contributed by atoms with Crippen LogP contribution in [-0.2, 0) is 0 Å². The summed E-state index contributed by atoms with van der Waals surface area (Å²) in [4.78, 5) is 14.8. The first-order valence-electron chi connectivity index (χ1n) is 5.19. The van der Waals surface area contributed by atoms with E-state index in [9.17, 15) is 4.79 Å². The predicted molar refractivity (Wildman–Crippen MR) is 64.5 cm³/mol. The lowest BCUT2D eigenvalue weighted by Crippen LogP contribution is -1.88. The van der Waals surface area contributed by atoms with Crippen molar-refractivity contribution in [3.63, 3.8) is 0 Å². The van der Waals surface area contributed by atoms with Crippen molar-refractivity contribution in [3.8, 4) is 11.1 Å². The second-order valence-electron chi connectivity index (χ2n) is 3.88. The molecule has 0 spiro atoms. The standard InChI is InChI=1S/C14H13NO/c1-10-7-12(9-16)3-4-14(10)13-5-6-15-11(2)8-13/h3-9H,1-2H3. The van der Waals surface area contributed by atoms with Crippen molar-refractivity contribution in [2.75, 3.05) is 0 Å². The van der Waals surface area contributed by atoms with Gasteiger partial charge in [-0.3, -0.25) is 9.78 Å². The highest BCUT2D eigenvalue weighted by Crippen LogP contribution is 2.23. The monoisotopic (exact) mass is 211 g/mol.